The molecule has 0 unspecified atom stereocenters. The smallest absolute Gasteiger partial charge is 0.251 e. The molecule has 152 valence electrons. The van der Waals surface area contributed by atoms with Gasteiger partial charge in [0.05, 0.1) is 11.4 Å². The van der Waals surface area contributed by atoms with Gasteiger partial charge in [0.15, 0.2) is 0 Å². The highest BCUT2D eigenvalue weighted by Crippen LogP contribution is 2.17. The van der Waals surface area contributed by atoms with E-state index in [4.69, 9.17) is 4.74 Å². The van der Waals surface area contributed by atoms with Crippen molar-refractivity contribution in [2.24, 2.45) is 0 Å². The molecule has 0 aliphatic carbocycles. The van der Waals surface area contributed by atoms with Crippen LogP contribution in [0.15, 0.2) is 47.4 Å². The minimum absolute atomic E-state index is 0.186. The topological polar surface area (TPSA) is 75.7 Å². The van der Waals surface area contributed by atoms with Crippen LogP contribution in [0.1, 0.15) is 35.3 Å². The van der Waals surface area contributed by atoms with Crippen molar-refractivity contribution >= 4 is 15.9 Å². The summed E-state index contributed by atoms with van der Waals surface area (Å²) in [6, 6.07) is 11.9. The fourth-order valence-corrected chi connectivity index (χ4v) is 4.40. The summed E-state index contributed by atoms with van der Waals surface area (Å²) in [6.07, 6.45) is 0. The summed E-state index contributed by atoms with van der Waals surface area (Å²) in [7, 11) is -3.52. The lowest BCUT2D eigenvalue weighted by atomic mass is 10.1. The first kappa shape index (κ1) is 21.9. The summed E-state index contributed by atoms with van der Waals surface area (Å²) in [5.74, 6) is 0.508. The molecule has 7 heteroatoms. The first-order valence-corrected chi connectivity index (χ1v) is 10.8. The zero-order chi connectivity index (χ0) is 20.7. The van der Waals surface area contributed by atoms with Crippen molar-refractivity contribution in [2.45, 2.75) is 32.6 Å². The van der Waals surface area contributed by atoms with E-state index in [0.717, 1.165) is 16.9 Å². The van der Waals surface area contributed by atoms with Crippen LogP contribution in [0.3, 0.4) is 0 Å². The molecule has 6 nitrogen and oxygen atoms in total. The van der Waals surface area contributed by atoms with Crippen molar-refractivity contribution in [3.63, 3.8) is 0 Å². The van der Waals surface area contributed by atoms with Crippen LogP contribution in [-0.4, -0.2) is 44.9 Å². The molecule has 0 atom stereocenters. The SMILES string of the molecule is CCN(CC)S(=O)(=O)c1ccc(C(=O)NCCOc2cc(C)cc(C)c2)cc1. The molecule has 0 fully saturated rings. The summed E-state index contributed by atoms with van der Waals surface area (Å²) < 4.78 is 32.0. The monoisotopic (exact) mass is 404 g/mol. The summed E-state index contributed by atoms with van der Waals surface area (Å²) >= 11 is 0. The Morgan fingerprint density at radius 1 is 1.00 bits per heavy atom. The number of rotatable bonds is 9. The van der Waals surface area contributed by atoms with E-state index in [1.807, 2.05) is 26.0 Å². The van der Waals surface area contributed by atoms with E-state index in [1.165, 1.54) is 28.6 Å². The number of ether oxygens (including phenoxy) is 1. The van der Waals surface area contributed by atoms with E-state index in [1.54, 1.807) is 13.8 Å². The number of nitrogens with one attached hydrogen (secondary N) is 1. The number of hydrogen-bond donors (Lipinski definition) is 1. The lowest BCUT2D eigenvalue weighted by molar-refractivity contribution is 0.0947. The van der Waals surface area contributed by atoms with Crippen LogP contribution in [-0.2, 0) is 10.0 Å². The van der Waals surface area contributed by atoms with E-state index in [0.29, 0.717) is 31.8 Å². The van der Waals surface area contributed by atoms with E-state index >= 15 is 0 Å². The Morgan fingerprint density at radius 3 is 2.11 bits per heavy atom. The third-order valence-corrected chi connectivity index (χ3v) is 6.38. The van der Waals surface area contributed by atoms with E-state index in [9.17, 15) is 13.2 Å². The number of nitrogens with zero attached hydrogens (tertiary/aromatic N) is 1. The summed E-state index contributed by atoms with van der Waals surface area (Å²) in [5, 5.41) is 2.78. The summed E-state index contributed by atoms with van der Waals surface area (Å²) in [4.78, 5) is 12.4. The van der Waals surface area contributed by atoms with Crippen molar-refractivity contribution in [1.29, 1.82) is 0 Å². The molecule has 28 heavy (non-hydrogen) atoms. The third-order valence-electron chi connectivity index (χ3n) is 4.31. The van der Waals surface area contributed by atoms with Gasteiger partial charge in [-0.3, -0.25) is 4.79 Å². The van der Waals surface area contributed by atoms with Gasteiger partial charge < -0.3 is 10.1 Å². The Labute approximate surface area is 167 Å². The van der Waals surface area contributed by atoms with Crippen molar-refractivity contribution in [2.75, 3.05) is 26.2 Å². The lowest BCUT2D eigenvalue weighted by Crippen LogP contribution is -2.31. The number of hydrogen-bond acceptors (Lipinski definition) is 4. The number of amides is 1. The lowest BCUT2D eigenvalue weighted by Gasteiger charge is -2.18. The van der Waals surface area contributed by atoms with Crippen LogP contribution in [0.25, 0.3) is 0 Å². The van der Waals surface area contributed by atoms with Gasteiger partial charge in [0.1, 0.15) is 12.4 Å². The van der Waals surface area contributed by atoms with Crippen LogP contribution >= 0.6 is 0 Å². The van der Waals surface area contributed by atoms with Crippen molar-refractivity contribution in [3.05, 3.63) is 59.2 Å². The second kappa shape index (κ2) is 9.71. The molecule has 0 bridgehead atoms. The normalized spacial score (nSPS) is 11.5. The molecule has 0 aliphatic rings. The van der Waals surface area contributed by atoms with Crippen LogP contribution in [0, 0.1) is 13.8 Å². The highest BCUT2D eigenvalue weighted by Gasteiger charge is 2.21. The molecule has 0 aliphatic heterocycles. The average molecular weight is 405 g/mol. The molecule has 2 aromatic rings. The molecule has 2 aromatic carbocycles. The molecule has 0 radical (unpaired) electrons. The predicted molar refractivity (Wildman–Crippen MR) is 110 cm³/mol. The van der Waals surface area contributed by atoms with Gasteiger partial charge in [-0.1, -0.05) is 19.9 Å². The van der Waals surface area contributed by atoms with Crippen molar-refractivity contribution in [3.8, 4) is 5.75 Å². The van der Waals surface area contributed by atoms with E-state index in [-0.39, 0.29) is 10.8 Å². The van der Waals surface area contributed by atoms with Gasteiger partial charge in [-0.2, -0.15) is 4.31 Å². The zero-order valence-corrected chi connectivity index (χ0v) is 17.7. The predicted octanol–water partition coefficient (Wildman–Crippen LogP) is 3.14. The number of carbonyl (C=O) groups excluding carboxylic acids is 1. The molecule has 1 amide bonds. The number of carbonyl (C=O) groups is 1. The minimum Gasteiger partial charge on any atom is -0.492 e. The molecule has 0 aromatic heterocycles. The number of aryl methyl sites for hydroxylation is 2. The Kier molecular flexibility index (Phi) is 7.60. The van der Waals surface area contributed by atoms with Crippen LogP contribution in [0.2, 0.25) is 0 Å². The van der Waals surface area contributed by atoms with Crippen molar-refractivity contribution < 1.29 is 17.9 Å². The Hall–Kier alpha value is -2.38. The van der Waals surface area contributed by atoms with Crippen molar-refractivity contribution in [1.82, 2.24) is 9.62 Å². The molecule has 0 heterocycles. The van der Waals surface area contributed by atoms with E-state index in [2.05, 4.69) is 11.4 Å². The third kappa shape index (κ3) is 5.56. The molecule has 1 N–H and O–H groups in total. The van der Waals surface area contributed by atoms with Gasteiger partial charge in [-0.15, -0.1) is 0 Å². The number of benzene rings is 2. The summed E-state index contributed by atoms with van der Waals surface area (Å²) in [5.41, 5.74) is 2.66. The van der Waals surface area contributed by atoms with Gasteiger partial charge in [-0.05, 0) is 61.4 Å². The quantitative estimate of drug-likeness (QED) is 0.652. The molecule has 0 spiro atoms. The maximum atomic E-state index is 12.5. The fraction of sp³-hybridized carbons (Fsp3) is 0.381. The second-order valence-corrected chi connectivity index (χ2v) is 8.48. The highest BCUT2D eigenvalue weighted by atomic mass is 32.2. The zero-order valence-electron chi connectivity index (χ0n) is 16.9. The molecule has 0 saturated carbocycles. The maximum absolute atomic E-state index is 12.5. The maximum Gasteiger partial charge on any atom is 0.251 e. The van der Waals surface area contributed by atoms with Crippen LogP contribution in [0.4, 0.5) is 0 Å². The molecule has 2 rings (SSSR count). The largest absolute Gasteiger partial charge is 0.492 e. The minimum atomic E-state index is -3.52. The first-order valence-electron chi connectivity index (χ1n) is 9.37. The number of sulfonamides is 1. The molecular formula is C21H28N2O4S. The van der Waals surface area contributed by atoms with E-state index < -0.39 is 10.0 Å². The molecule has 0 saturated heterocycles. The Morgan fingerprint density at radius 2 is 1.57 bits per heavy atom. The average Bonchev–Trinajstić information content (AvgIpc) is 2.65. The fourth-order valence-electron chi connectivity index (χ4n) is 2.94. The first-order chi connectivity index (χ1) is 13.3. The second-order valence-electron chi connectivity index (χ2n) is 6.54. The summed E-state index contributed by atoms with van der Waals surface area (Å²) in [6.45, 7) is 9.11. The van der Waals surface area contributed by atoms with Gasteiger partial charge >= 0.3 is 0 Å². The Balaban J connectivity index is 1.91. The standard InChI is InChI=1S/C21H28N2O4S/c1-5-23(6-2)28(25,26)20-9-7-18(8-10-20)21(24)22-11-12-27-19-14-16(3)13-17(4)15-19/h7-10,13-15H,5-6,11-12H2,1-4H3,(H,22,24). The van der Waals surface area contributed by atoms with Gasteiger partial charge in [0, 0.05) is 18.7 Å². The highest BCUT2D eigenvalue weighted by molar-refractivity contribution is 7.89. The van der Waals surface area contributed by atoms with Crippen LogP contribution in [0.5, 0.6) is 5.75 Å². The molecular weight excluding hydrogens is 376 g/mol. The van der Waals surface area contributed by atoms with Gasteiger partial charge in [0.25, 0.3) is 5.91 Å². The van der Waals surface area contributed by atoms with Gasteiger partial charge in [0.2, 0.25) is 10.0 Å². The Bertz CT molecular complexity index is 884. The van der Waals surface area contributed by atoms with Gasteiger partial charge in [-0.25, -0.2) is 8.42 Å². The van der Waals surface area contributed by atoms with Crippen LogP contribution < -0.4 is 10.1 Å².